The Kier molecular flexibility index (Phi) is 4.31. The second-order valence-electron chi connectivity index (χ2n) is 3.84. The lowest BCUT2D eigenvalue weighted by atomic mass is 10.2. The van der Waals surface area contributed by atoms with Crippen molar-refractivity contribution in [3.63, 3.8) is 0 Å². The van der Waals surface area contributed by atoms with E-state index < -0.39 is 0 Å². The first-order valence-electron chi connectivity index (χ1n) is 5.89. The maximum atomic E-state index is 13.0. The Morgan fingerprint density at radius 3 is 2.58 bits per heavy atom. The summed E-state index contributed by atoms with van der Waals surface area (Å²) in [5.74, 6) is 1.03. The third-order valence-corrected chi connectivity index (χ3v) is 3.22. The molecular weight excluding hydrogens is 311 g/mol. The maximum absolute atomic E-state index is 13.0. The van der Waals surface area contributed by atoms with E-state index in [4.69, 9.17) is 0 Å². The van der Waals surface area contributed by atoms with E-state index in [0.29, 0.717) is 12.5 Å². The smallest absolute Gasteiger partial charge is 0.224 e. The molecule has 0 unspecified atom stereocenters. The molecule has 0 radical (unpaired) electrons. The van der Waals surface area contributed by atoms with Gasteiger partial charge in [0.05, 0.1) is 4.47 Å². The van der Waals surface area contributed by atoms with Crippen LogP contribution in [0.25, 0.3) is 0 Å². The van der Waals surface area contributed by atoms with Crippen LogP contribution in [0.1, 0.15) is 6.92 Å². The summed E-state index contributed by atoms with van der Waals surface area (Å²) in [6.45, 7) is 2.72. The lowest BCUT2D eigenvalue weighted by Crippen LogP contribution is -2.18. The van der Waals surface area contributed by atoms with Gasteiger partial charge in [0.2, 0.25) is 5.95 Å². The predicted molar refractivity (Wildman–Crippen MR) is 78.4 cm³/mol. The molecule has 0 aliphatic rings. The summed E-state index contributed by atoms with van der Waals surface area (Å²) in [7, 11) is 1.77. The average Bonchev–Trinajstić information content (AvgIpc) is 2.43. The first kappa shape index (κ1) is 13.7. The highest BCUT2D eigenvalue weighted by Gasteiger charge is 2.13. The van der Waals surface area contributed by atoms with Crippen LogP contribution in [-0.4, -0.2) is 23.6 Å². The van der Waals surface area contributed by atoms with Crippen molar-refractivity contribution < 1.29 is 4.39 Å². The van der Waals surface area contributed by atoms with Gasteiger partial charge in [-0.2, -0.15) is 4.98 Å². The molecule has 0 spiro atoms. The second-order valence-corrected chi connectivity index (χ2v) is 4.69. The Labute approximate surface area is 119 Å². The second kappa shape index (κ2) is 5.97. The predicted octanol–water partition coefficient (Wildman–Crippen LogP) is 3.58. The van der Waals surface area contributed by atoms with Gasteiger partial charge < -0.3 is 10.2 Å². The van der Waals surface area contributed by atoms with E-state index in [1.54, 1.807) is 25.4 Å². The molecule has 1 N–H and O–H groups in total. The summed E-state index contributed by atoms with van der Waals surface area (Å²) < 4.78 is 13.8. The number of nitrogens with one attached hydrogen (secondary N) is 1. The molecule has 1 aromatic carbocycles. The zero-order chi connectivity index (χ0) is 13.8. The van der Waals surface area contributed by atoms with E-state index in [2.05, 4.69) is 31.2 Å². The van der Waals surface area contributed by atoms with Crippen molar-refractivity contribution in [1.29, 1.82) is 0 Å². The van der Waals surface area contributed by atoms with Crippen molar-refractivity contribution in [3.8, 4) is 0 Å². The van der Waals surface area contributed by atoms with E-state index in [0.717, 1.165) is 16.0 Å². The van der Waals surface area contributed by atoms with Crippen LogP contribution in [0.3, 0.4) is 0 Å². The number of anilines is 3. The van der Waals surface area contributed by atoms with Gasteiger partial charge in [0.1, 0.15) is 5.82 Å². The summed E-state index contributed by atoms with van der Waals surface area (Å²) >= 11 is 3.44. The Morgan fingerprint density at radius 1 is 1.32 bits per heavy atom. The highest BCUT2D eigenvalue weighted by atomic mass is 79.9. The molecular formula is C13H14BrFN4. The molecule has 100 valence electrons. The topological polar surface area (TPSA) is 41.1 Å². The Hall–Kier alpha value is -1.69. The molecule has 0 amide bonds. The summed E-state index contributed by atoms with van der Waals surface area (Å²) in [6, 6.07) is 6.33. The number of rotatable bonds is 4. The van der Waals surface area contributed by atoms with Crippen LogP contribution in [0.15, 0.2) is 34.9 Å². The lowest BCUT2D eigenvalue weighted by molar-refractivity contribution is 0.627. The minimum absolute atomic E-state index is 0.252. The first-order chi connectivity index (χ1) is 9.15. The van der Waals surface area contributed by atoms with Crippen LogP contribution in [0, 0.1) is 5.82 Å². The summed E-state index contributed by atoms with van der Waals surface area (Å²) in [5.41, 5.74) is 0.880. The Bertz CT molecular complexity index is 559. The molecule has 1 heterocycles. The van der Waals surface area contributed by atoms with Gasteiger partial charge >= 0.3 is 0 Å². The summed E-state index contributed by atoms with van der Waals surface area (Å²) in [6.07, 6.45) is 1.69. The monoisotopic (exact) mass is 324 g/mol. The average molecular weight is 325 g/mol. The molecule has 6 heteroatoms. The van der Waals surface area contributed by atoms with Gasteiger partial charge in [0.25, 0.3) is 0 Å². The molecule has 2 aromatic rings. The van der Waals surface area contributed by atoms with Crippen molar-refractivity contribution in [2.24, 2.45) is 0 Å². The molecule has 0 saturated heterocycles. The molecule has 2 rings (SSSR count). The van der Waals surface area contributed by atoms with E-state index >= 15 is 0 Å². The lowest BCUT2D eigenvalue weighted by Gasteiger charge is -2.23. The van der Waals surface area contributed by atoms with Crippen LogP contribution in [0.5, 0.6) is 0 Å². The Morgan fingerprint density at radius 2 is 2.00 bits per heavy atom. The number of benzene rings is 1. The number of hydrogen-bond acceptors (Lipinski definition) is 4. The van der Waals surface area contributed by atoms with E-state index in [9.17, 15) is 4.39 Å². The molecule has 19 heavy (non-hydrogen) atoms. The maximum Gasteiger partial charge on any atom is 0.224 e. The number of aromatic nitrogens is 2. The highest BCUT2D eigenvalue weighted by molar-refractivity contribution is 9.10. The fourth-order valence-electron chi connectivity index (χ4n) is 1.74. The molecule has 1 aromatic heterocycles. The van der Waals surface area contributed by atoms with Gasteiger partial charge in [0.15, 0.2) is 5.82 Å². The summed E-state index contributed by atoms with van der Waals surface area (Å²) in [4.78, 5) is 10.5. The highest BCUT2D eigenvalue weighted by Crippen LogP contribution is 2.30. The zero-order valence-electron chi connectivity index (χ0n) is 10.7. The van der Waals surface area contributed by atoms with Crippen molar-refractivity contribution in [2.75, 3.05) is 23.8 Å². The molecule has 0 atom stereocenters. The van der Waals surface area contributed by atoms with Crippen LogP contribution < -0.4 is 10.2 Å². The van der Waals surface area contributed by atoms with Crippen molar-refractivity contribution >= 4 is 33.4 Å². The van der Waals surface area contributed by atoms with Gasteiger partial charge in [-0.3, -0.25) is 0 Å². The van der Waals surface area contributed by atoms with Crippen LogP contribution in [0.4, 0.5) is 21.8 Å². The molecule has 0 aliphatic heterocycles. The minimum atomic E-state index is -0.252. The molecule has 4 nitrogen and oxygen atoms in total. The molecule has 0 saturated carbocycles. The fourth-order valence-corrected chi connectivity index (χ4v) is 2.15. The van der Waals surface area contributed by atoms with Gasteiger partial charge in [-0.15, -0.1) is 0 Å². The quantitative estimate of drug-likeness (QED) is 0.933. The van der Waals surface area contributed by atoms with E-state index in [1.165, 1.54) is 12.1 Å². The standard InChI is InChI=1S/C13H14BrFN4/c1-3-19(10-6-4-9(15)5-7-10)12-11(14)8-17-13(16-2)18-12/h4-8H,3H2,1-2H3,(H,16,17,18). The van der Waals surface area contributed by atoms with Crippen LogP contribution in [0.2, 0.25) is 0 Å². The van der Waals surface area contributed by atoms with Crippen molar-refractivity contribution in [1.82, 2.24) is 9.97 Å². The molecule has 0 bridgehead atoms. The molecule has 0 fully saturated rings. The SMILES string of the molecule is CCN(c1ccc(F)cc1)c1nc(NC)ncc1Br. The molecule has 0 aliphatic carbocycles. The zero-order valence-corrected chi connectivity index (χ0v) is 12.3. The first-order valence-corrected chi connectivity index (χ1v) is 6.68. The third-order valence-electron chi connectivity index (χ3n) is 2.66. The minimum Gasteiger partial charge on any atom is -0.357 e. The van der Waals surface area contributed by atoms with Gasteiger partial charge in [-0.25, -0.2) is 9.37 Å². The van der Waals surface area contributed by atoms with Gasteiger partial charge in [0, 0.05) is 25.5 Å². The van der Waals surface area contributed by atoms with Gasteiger partial charge in [-0.1, -0.05) is 0 Å². The largest absolute Gasteiger partial charge is 0.357 e. The van der Waals surface area contributed by atoms with E-state index in [-0.39, 0.29) is 5.82 Å². The van der Waals surface area contributed by atoms with Crippen LogP contribution >= 0.6 is 15.9 Å². The van der Waals surface area contributed by atoms with Crippen molar-refractivity contribution in [3.05, 3.63) is 40.8 Å². The van der Waals surface area contributed by atoms with Gasteiger partial charge in [-0.05, 0) is 47.1 Å². The van der Waals surface area contributed by atoms with Crippen molar-refractivity contribution in [2.45, 2.75) is 6.92 Å². The number of hydrogen-bond donors (Lipinski definition) is 1. The fraction of sp³-hybridized carbons (Fsp3) is 0.231. The van der Waals surface area contributed by atoms with E-state index in [1.807, 2.05) is 11.8 Å². The number of nitrogens with zero attached hydrogens (tertiary/aromatic N) is 3. The Balaban J connectivity index is 2.44. The third kappa shape index (κ3) is 3.01. The summed E-state index contributed by atoms with van der Waals surface area (Å²) in [5, 5.41) is 2.90. The van der Waals surface area contributed by atoms with Crippen LogP contribution in [-0.2, 0) is 0 Å². The number of halogens is 2. The normalized spacial score (nSPS) is 10.3.